The Morgan fingerprint density at radius 1 is 0.545 bits per heavy atom. The second-order valence-electron chi connectivity index (χ2n) is 16.9. The van der Waals surface area contributed by atoms with Gasteiger partial charge in [0.2, 0.25) is 0 Å². The van der Waals surface area contributed by atoms with Crippen LogP contribution >= 0.6 is 15.6 Å². The van der Waals surface area contributed by atoms with Gasteiger partial charge in [-0.05, 0) is 44.4 Å². The first kappa shape index (κ1) is 63.5. The van der Waals surface area contributed by atoms with Gasteiger partial charge in [-0.15, -0.1) is 0 Å². The van der Waals surface area contributed by atoms with Crippen LogP contribution in [0.3, 0.4) is 0 Å². The largest absolute Gasteiger partial charge is 0.472 e. The summed E-state index contributed by atoms with van der Waals surface area (Å²) in [7, 11) is -9.75. The van der Waals surface area contributed by atoms with E-state index in [9.17, 15) is 38.9 Å². The van der Waals surface area contributed by atoms with Gasteiger partial charge in [-0.3, -0.25) is 23.2 Å². The number of rotatable bonds is 44. The first-order valence-corrected chi connectivity index (χ1v) is 27.2. The predicted octanol–water partition coefficient (Wildman–Crippen LogP) is 10.8. The van der Waals surface area contributed by atoms with Gasteiger partial charge in [-0.25, -0.2) is 9.13 Å². The Hall–Kier alpha value is -2.52. The molecule has 0 bridgehead atoms. The molecule has 0 aromatic heterocycles. The molecule has 17 heteroatoms. The topological polar surface area (TPSA) is 236 Å². The Balaban J connectivity index is 4.67. The minimum atomic E-state index is -4.89. The molecule has 0 aliphatic rings. The van der Waals surface area contributed by atoms with Gasteiger partial charge in [0.05, 0.1) is 32.0 Å². The summed E-state index contributed by atoms with van der Waals surface area (Å²) in [6.07, 6.45) is 39.7. The van der Waals surface area contributed by atoms with Crippen molar-refractivity contribution >= 4 is 27.6 Å². The van der Waals surface area contributed by atoms with Crippen LogP contribution in [0.5, 0.6) is 0 Å². The molecule has 66 heavy (non-hydrogen) atoms. The number of hydrogen-bond donors (Lipinski definition) is 6. The molecule has 0 saturated carbocycles. The zero-order valence-electron chi connectivity index (χ0n) is 40.2. The quantitative estimate of drug-likeness (QED) is 0.0109. The van der Waals surface area contributed by atoms with Crippen LogP contribution in [0.15, 0.2) is 72.9 Å². The van der Waals surface area contributed by atoms with Gasteiger partial charge in [0.25, 0.3) is 0 Å². The van der Waals surface area contributed by atoms with E-state index in [0.29, 0.717) is 32.1 Å². The standard InChI is InChI=1S/C49H86O15P2/c1-4-5-25-33-44(50)35-28-23-24-29-36-45(51)34-27-20-17-18-22-31-38-49(54)64-47(42-63-66(58,59)62-40-46(52)39-61-65(55,56)57)41-60-48(53)37-30-21-16-14-12-10-8-6-7-9-11-13-15-19-26-32-43(2)3/h5,18,20,22-25,27-29,35-36,43-47,50-52H,4,6-17,19,21,26,30-34,37-42H2,1-3H3,(H,58,59)(H2,55,56,57)/b22-18-,24-23-,25-5-,27-20-,35-28+,36-29+/t44-,45+,46-,47+/m0/s1. The summed E-state index contributed by atoms with van der Waals surface area (Å²) in [4.78, 5) is 52.8. The van der Waals surface area contributed by atoms with Gasteiger partial charge in [-0.1, -0.05) is 190 Å². The maximum atomic E-state index is 12.7. The van der Waals surface area contributed by atoms with E-state index < -0.39 is 78.4 Å². The molecule has 0 saturated heterocycles. The predicted molar refractivity (Wildman–Crippen MR) is 260 cm³/mol. The molecular formula is C49H86O15P2. The molecule has 0 aliphatic heterocycles. The minimum absolute atomic E-state index is 0.0520. The van der Waals surface area contributed by atoms with Gasteiger partial charge in [0, 0.05) is 12.8 Å². The van der Waals surface area contributed by atoms with Crippen LogP contribution < -0.4 is 0 Å². The van der Waals surface area contributed by atoms with Crippen molar-refractivity contribution in [1.29, 1.82) is 0 Å². The highest BCUT2D eigenvalue weighted by atomic mass is 31.2. The molecule has 5 atom stereocenters. The van der Waals surface area contributed by atoms with Crippen LogP contribution in [0.25, 0.3) is 0 Å². The fourth-order valence-electron chi connectivity index (χ4n) is 6.26. The van der Waals surface area contributed by atoms with Crippen molar-refractivity contribution in [3.05, 3.63) is 72.9 Å². The second-order valence-corrected chi connectivity index (χ2v) is 19.6. The summed E-state index contributed by atoms with van der Waals surface area (Å²) >= 11 is 0. The molecular weight excluding hydrogens is 890 g/mol. The molecule has 15 nitrogen and oxygen atoms in total. The molecule has 0 heterocycles. The molecule has 0 amide bonds. The lowest BCUT2D eigenvalue weighted by Gasteiger charge is -2.20. The maximum Gasteiger partial charge on any atom is 0.472 e. The number of unbranched alkanes of at least 4 members (excludes halogenated alkanes) is 14. The molecule has 1 unspecified atom stereocenters. The van der Waals surface area contributed by atoms with Crippen LogP contribution in [0, 0.1) is 5.92 Å². The van der Waals surface area contributed by atoms with Crippen molar-refractivity contribution in [3.63, 3.8) is 0 Å². The van der Waals surface area contributed by atoms with Crippen molar-refractivity contribution in [3.8, 4) is 0 Å². The van der Waals surface area contributed by atoms with Crippen LogP contribution in [-0.2, 0) is 41.8 Å². The van der Waals surface area contributed by atoms with Crippen LogP contribution in [0.1, 0.15) is 168 Å². The summed E-state index contributed by atoms with van der Waals surface area (Å²) < 4.78 is 47.7. The molecule has 6 N–H and O–H groups in total. The van der Waals surface area contributed by atoms with Crippen LogP contribution in [0.4, 0.5) is 0 Å². The second kappa shape index (κ2) is 42.6. The third-order valence-electron chi connectivity index (χ3n) is 9.96. The fourth-order valence-corrected chi connectivity index (χ4v) is 7.42. The molecule has 0 aliphatic carbocycles. The molecule has 382 valence electrons. The number of esters is 2. The lowest BCUT2D eigenvalue weighted by molar-refractivity contribution is -0.161. The van der Waals surface area contributed by atoms with Gasteiger partial charge >= 0.3 is 27.6 Å². The molecule has 0 radical (unpaired) electrons. The highest BCUT2D eigenvalue weighted by Crippen LogP contribution is 2.43. The smallest absolute Gasteiger partial charge is 0.462 e. The SMILES string of the molecule is CC/C=C\C[C@H](O)/C=C/C=C\C=C\[C@H](O)C/C=C\C/C=C\CCC(=O)O[C@H](COC(=O)CCCCCCCCCCCCCCCCCC(C)C)COP(=O)(O)OC[C@@H](O)COP(=O)(O)O. The van der Waals surface area contributed by atoms with E-state index in [1.807, 2.05) is 37.3 Å². The number of allylic oxidation sites excluding steroid dienone is 8. The first-order valence-electron chi connectivity index (χ1n) is 24.2. The number of aliphatic hydroxyl groups excluding tert-OH is 3. The minimum Gasteiger partial charge on any atom is -0.462 e. The zero-order chi connectivity index (χ0) is 49.2. The van der Waals surface area contributed by atoms with E-state index in [4.69, 9.17) is 23.8 Å². The third-order valence-corrected chi connectivity index (χ3v) is 11.4. The zero-order valence-corrected chi connectivity index (χ0v) is 41.9. The molecule has 0 rings (SSSR count). The van der Waals surface area contributed by atoms with Gasteiger partial charge in [0.15, 0.2) is 6.10 Å². The molecule has 0 aromatic carbocycles. The highest BCUT2D eigenvalue weighted by Gasteiger charge is 2.28. The first-order chi connectivity index (χ1) is 31.5. The van der Waals surface area contributed by atoms with Gasteiger partial charge in [-0.2, -0.15) is 0 Å². The highest BCUT2D eigenvalue weighted by molar-refractivity contribution is 7.47. The van der Waals surface area contributed by atoms with Gasteiger partial charge < -0.3 is 39.5 Å². The average molecular weight is 977 g/mol. The third kappa shape index (κ3) is 46.6. The maximum absolute atomic E-state index is 12.7. The number of carbonyl (C=O) groups excluding carboxylic acids is 2. The fraction of sp³-hybridized carbons (Fsp3) is 0.714. The average Bonchev–Trinajstić information content (AvgIpc) is 3.26. The van der Waals surface area contributed by atoms with E-state index in [1.54, 1.807) is 42.5 Å². The summed E-state index contributed by atoms with van der Waals surface area (Å²) in [5.74, 6) is -0.390. The van der Waals surface area contributed by atoms with E-state index in [2.05, 4.69) is 22.9 Å². The number of carbonyl (C=O) groups is 2. The van der Waals surface area contributed by atoms with Crippen LogP contribution in [-0.4, -0.2) is 92.8 Å². The number of ether oxygens (including phenoxy) is 2. The van der Waals surface area contributed by atoms with Crippen molar-refractivity contribution in [1.82, 2.24) is 0 Å². The Morgan fingerprint density at radius 3 is 1.56 bits per heavy atom. The van der Waals surface area contributed by atoms with Crippen LogP contribution in [0.2, 0.25) is 0 Å². The Morgan fingerprint density at radius 2 is 1.03 bits per heavy atom. The summed E-state index contributed by atoms with van der Waals surface area (Å²) in [5, 5.41) is 29.8. The normalized spacial score (nSPS) is 15.5. The number of hydrogen-bond acceptors (Lipinski definition) is 12. The Bertz CT molecular complexity index is 1490. The van der Waals surface area contributed by atoms with Crippen molar-refractivity contribution < 1.29 is 71.8 Å². The van der Waals surface area contributed by atoms with Crippen molar-refractivity contribution in [2.24, 2.45) is 5.92 Å². The number of aliphatic hydroxyl groups is 3. The van der Waals surface area contributed by atoms with E-state index in [1.165, 1.54) is 77.0 Å². The van der Waals surface area contributed by atoms with Crippen molar-refractivity contribution in [2.75, 3.05) is 26.4 Å². The number of phosphoric ester groups is 2. The monoisotopic (exact) mass is 977 g/mol. The summed E-state index contributed by atoms with van der Waals surface area (Å²) in [6.45, 7) is 3.71. The van der Waals surface area contributed by atoms with E-state index >= 15 is 0 Å². The van der Waals surface area contributed by atoms with E-state index in [-0.39, 0.29) is 12.8 Å². The summed E-state index contributed by atoms with van der Waals surface area (Å²) in [6, 6.07) is 0. The molecule has 0 aromatic rings. The lowest BCUT2D eigenvalue weighted by Crippen LogP contribution is -2.29. The Labute approximate surface area is 396 Å². The Kier molecular flexibility index (Phi) is 40.9. The van der Waals surface area contributed by atoms with Crippen molar-refractivity contribution in [2.45, 2.75) is 193 Å². The van der Waals surface area contributed by atoms with Gasteiger partial charge in [0.1, 0.15) is 12.7 Å². The molecule has 0 fully saturated rings. The number of phosphoric acid groups is 2. The van der Waals surface area contributed by atoms with E-state index in [0.717, 1.165) is 31.6 Å². The summed E-state index contributed by atoms with van der Waals surface area (Å²) in [5.41, 5.74) is 0. The molecule has 0 spiro atoms. The lowest BCUT2D eigenvalue weighted by atomic mass is 10.0.